The smallest absolute Gasteiger partial charge is 0.202 e. The van der Waals surface area contributed by atoms with Crippen LogP contribution < -0.4 is 0 Å². The second-order valence-electron chi connectivity index (χ2n) is 6.10. The SMILES string of the molecule is Cc1ncn2c1Cn1nc(-c3ccn(C)n3)nc1-c1cc(Cl)ccc1-2. The van der Waals surface area contributed by atoms with Crippen molar-refractivity contribution in [3.63, 3.8) is 0 Å². The van der Waals surface area contributed by atoms with Crippen molar-refractivity contribution in [2.75, 3.05) is 0 Å². The molecule has 0 bridgehead atoms. The number of halogens is 1. The molecule has 25 heavy (non-hydrogen) atoms. The van der Waals surface area contributed by atoms with Crippen molar-refractivity contribution in [3.8, 4) is 28.6 Å². The zero-order valence-corrected chi connectivity index (χ0v) is 14.4. The van der Waals surface area contributed by atoms with E-state index in [1.807, 2.05) is 55.4 Å². The van der Waals surface area contributed by atoms with Gasteiger partial charge in [-0.3, -0.25) is 4.68 Å². The van der Waals surface area contributed by atoms with E-state index in [0.717, 1.165) is 34.2 Å². The molecule has 4 heterocycles. The second-order valence-corrected chi connectivity index (χ2v) is 6.54. The van der Waals surface area contributed by atoms with Gasteiger partial charge in [0.05, 0.1) is 29.9 Å². The molecule has 124 valence electrons. The van der Waals surface area contributed by atoms with Crippen LogP contribution in [0.5, 0.6) is 0 Å². The summed E-state index contributed by atoms with van der Waals surface area (Å²) in [5.74, 6) is 1.38. The maximum Gasteiger partial charge on any atom is 0.202 e. The third-order valence-corrected chi connectivity index (χ3v) is 4.68. The Balaban J connectivity index is 1.79. The van der Waals surface area contributed by atoms with Crippen molar-refractivity contribution in [2.24, 2.45) is 7.05 Å². The molecule has 0 fully saturated rings. The molecule has 0 aliphatic carbocycles. The first-order chi connectivity index (χ1) is 12.1. The number of aryl methyl sites for hydroxylation is 2. The fourth-order valence-electron chi connectivity index (χ4n) is 3.19. The first kappa shape index (κ1) is 14.4. The molecular formula is C17H14ClN7. The minimum Gasteiger partial charge on any atom is -0.300 e. The molecule has 0 amide bonds. The summed E-state index contributed by atoms with van der Waals surface area (Å²) in [6.45, 7) is 2.59. The van der Waals surface area contributed by atoms with E-state index >= 15 is 0 Å². The lowest BCUT2D eigenvalue weighted by Gasteiger charge is -2.08. The summed E-state index contributed by atoms with van der Waals surface area (Å²) in [7, 11) is 1.88. The highest BCUT2D eigenvalue weighted by molar-refractivity contribution is 6.31. The van der Waals surface area contributed by atoms with Crippen LogP contribution in [0.3, 0.4) is 0 Å². The van der Waals surface area contributed by atoms with Gasteiger partial charge in [0.1, 0.15) is 5.69 Å². The molecule has 7 nitrogen and oxygen atoms in total. The van der Waals surface area contributed by atoms with Crippen molar-refractivity contribution in [1.82, 2.24) is 34.1 Å². The molecule has 0 spiro atoms. The van der Waals surface area contributed by atoms with E-state index in [2.05, 4.69) is 19.7 Å². The number of benzene rings is 1. The summed E-state index contributed by atoms with van der Waals surface area (Å²) in [4.78, 5) is 9.21. The average Bonchev–Trinajstić information content (AvgIpc) is 3.27. The molecular weight excluding hydrogens is 338 g/mol. The van der Waals surface area contributed by atoms with Gasteiger partial charge in [0.2, 0.25) is 5.82 Å². The molecule has 8 heteroatoms. The molecule has 0 atom stereocenters. The van der Waals surface area contributed by atoms with Crippen LogP contribution in [0.1, 0.15) is 11.4 Å². The van der Waals surface area contributed by atoms with Crippen molar-refractivity contribution in [1.29, 1.82) is 0 Å². The predicted octanol–water partition coefficient (Wildman–Crippen LogP) is 2.85. The number of nitrogens with zero attached hydrogens (tertiary/aromatic N) is 7. The summed E-state index contributed by atoms with van der Waals surface area (Å²) in [6.07, 6.45) is 3.72. The molecule has 0 radical (unpaired) electrons. The van der Waals surface area contributed by atoms with Crippen LogP contribution in [-0.2, 0) is 13.6 Å². The third kappa shape index (κ3) is 2.12. The van der Waals surface area contributed by atoms with Crippen LogP contribution in [0.4, 0.5) is 0 Å². The molecule has 0 saturated heterocycles. The lowest BCUT2D eigenvalue weighted by atomic mass is 10.1. The van der Waals surface area contributed by atoms with Crippen molar-refractivity contribution >= 4 is 11.6 Å². The standard InChI is InChI=1S/C17H14ClN7/c1-10-15-8-25-17(20-16(22-25)13-5-6-23(2)21-13)12-7-11(18)3-4-14(12)24(15)9-19-10/h3-7,9H,8H2,1-2H3. The Morgan fingerprint density at radius 3 is 2.84 bits per heavy atom. The topological polar surface area (TPSA) is 66.3 Å². The molecule has 0 saturated carbocycles. The Kier molecular flexibility index (Phi) is 2.90. The first-order valence-electron chi connectivity index (χ1n) is 7.88. The highest BCUT2D eigenvalue weighted by Gasteiger charge is 2.25. The normalized spacial score (nSPS) is 12.4. The van der Waals surface area contributed by atoms with Gasteiger partial charge in [-0.2, -0.15) is 5.10 Å². The van der Waals surface area contributed by atoms with Crippen molar-refractivity contribution in [2.45, 2.75) is 13.5 Å². The van der Waals surface area contributed by atoms with Gasteiger partial charge < -0.3 is 4.57 Å². The number of fused-ring (bicyclic) bond motifs is 5. The molecule has 0 N–H and O–H groups in total. The molecule has 0 unspecified atom stereocenters. The second kappa shape index (κ2) is 5.03. The molecule has 1 aliphatic heterocycles. The van der Waals surface area contributed by atoms with Gasteiger partial charge >= 0.3 is 0 Å². The number of imidazole rings is 1. The Morgan fingerprint density at radius 2 is 2.04 bits per heavy atom. The first-order valence-corrected chi connectivity index (χ1v) is 8.26. The largest absolute Gasteiger partial charge is 0.300 e. The summed E-state index contributed by atoms with van der Waals surface area (Å²) < 4.78 is 5.72. The van der Waals surface area contributed by atoms with E-state index in [1.54, 1.807) is 4.68 Å². The quantitative estimate of drug-likeness (QED) is 0.466. The Labute approximate surface area is 148 Å². The summed E-state index contributed by atoms with van der Waals surface area (Å²) in [6, 6.07) is 7.70. The molecule has 5 rings (SSSR count). The summed E-state index contributed by atoms with van der Waals surface area (Å²) >= 11 is 6.26. The minimum absolute atomic E-state index is 0.591. The van der Waals surface area contributed by atoms with Crippen LogP contribution >= 0.6 is 11.6 Å². The van der Waals surface area contributed by atoms with Gasteiger partial charge in [0.25, 0.3) is 0 Å². The third-order valence-electron chi connectivity index (χ3n) is 4.45. The fraction of sp³-hybridized carbons (Fsp3) is 0.176. The Hall–Kier alpha value is -2.93. The lowest BCUT2D eigenvalue weighted by Crippen LogP contribution is -2.05. The fourth-order valence-corrected chi connectivity index (χ4v) is 3.37. The minimum atomic E-state index is 0.591. The van der Waals surface area contributed by atoms with E-state index < -0.39 is 0 Å². The summed E-state index contributed by atoms with van der Waals surface area (Å²) in [5, 5.41) is 9.76. The monoisotopic (exact) mass is 351 g/mol. The van der Waals surface area contributed by atoms with Gasteiger partial charge in [0.15, 0.2) is 5.82 Å². The number of hydrogen-bond donors (Lipinski definition) is 0. The number of rotatable bonds is 1. The number of hydrogen-bond acceptors (Lipinski definition) is 4. The van der Waals surface area contributed by atoms with Crippen LogP contribution in [0.15, 0.2) is 36.8 Å². The maximum atomic E-state index is 6.26. The predicted molar refractivity (Wildman–Crippen MR) is 93.6 cm³/mol. The van der Waals surface area contributed by atoms with Crippen LogP contribution in [0.25, 0.3) is 28.6 Å². The van der Waals surface area contributed by atoms with E-state index in [-0.39, 0.29) is 0 Å². The van der Waals surface area contributed by atoms with E-state index in [4.69, 9.17) is 16.6 Å². The highest BCUT2D eigenvalue weighted by atomic mass is 35.5. The molecule has 1 aliphatic rings. The lowest BCUT2D eigenvalue weighted by molar-refractivity contribution is 0.674. The van der Waals surface area contributed by atoms with Crippen LogP contribution in [0, 0.1) is 6.92 Å². The van der Waals surface area contributed by atoms with Gasteiger partial charge in [-0.1, -0.05) is 11.6 Å². The van der Waals surface area contributed by atoms with Crippen LogP contribution in [0.2, 0.25) is 5.02 Å². The van der Waals surface area contributed by atoms with Gasteiger partial charge in [-0.15, -0.1) is 5.10 Å². The Bertz CT molecular complexity index is 1120. The highest BCUT2D eigenvalue weighted by Crippen LogP contribution is 2.34. The zero-order valence-electron chi connectivity index (χ0n) is 13.7. The van der Waals surface area contributed by atoms with E-state index in [0.29, 0.717) is 17.4 Å². The van der Waals surface area contributed by atoms with Gasteiger partial charge in [-0.05, 0) is 31.2 Å². The van der Waals surface area contributed by atoms with Crippen LogP contribution in [-0.4, -0.2) is 34.1 Å². The molecule has 1 aromatic carbocycles. The molecule has 3 aromatic heterocycles. The van der Waals surface area contributed by atoms with Crippen molar-refractivity contribution in [3.05, 3.63) is 53.2 Å². The zero-order chi connectivity index (χ0) is 17.1. The van der Waals surface area contributed by atoms with Gasteiger partial charge in [0, 0.05) is 23.8 Å². The summed E-state index contributed by atoms with van der Waals surface area (Å²) in [5.41, 5.74) is 4.73. The number of aromatic nitrogens is 7. The maximum absolute atomic E-state index is 6.26. The molecule has 4 aromatic rings. The van der Waals surface area contributed by atoms with Crippen molar-refractivity contribution < 1.29 is 0 Å². The Morgan fingerprint density at radius 1 is 1.16 bits per heavy atom. The van der Waals surface area contributed by atoms with E-state index in [9.17, 15) is 0 Å². The average molecular weight is 352 g/mol. The van der Waals surface area contributed by atoms with E-state index in [1.165, 1.54) is 0 Å². The van der Waals surface area contributed by atoms with Gasteiger partial charge in [-0.25, -0.2) is 14.6 Å².